The monoisotopic (exact) mass is 216 g/mol. The summed E-state index contributed by atoms with van der Waals surface area (Å²) in [6, 6.07) is 0. The lowest BCUT2D eigenvalue weighted by molar-refractivity contribution is -0.144. The summed E-state index contributed by atoms with van der Waals surface area (Å²) < 4.78 is 4.77. The van der Waals surface area contributed by atoms with Gasteiger partial charge in [0.2, 0.25) is 0 Å². The Hall–Kier alpha value is -0.770. The maximum Gasteiger partial charge on any atom is 0.306 e. The zero-order valence-electron chi connectivity index (χ0n) is 8.62. The number of esters is 1. The third-order valence-corrected chi connectivity index (χ3v) is 2.50. The summed E-state index contributed by atoms with van der Waals surface area (Å²) in [5, 5.41) is 0.0445. The van der Waals surface area contributed by atoms with E-state index in [2.05, 4.69) is 6.58 Å². The van der Waals surface area contributed by atoms with Crippen LogP contribution in [0.25, 0.3) is 0 Å². The van der Waals surface area contributed by atoms with Crippen molar-refractivity contribution < 1.29 is 14.3 Å². The fraction of sp³-hybridized carbons (Fsp3) is 0.600. The molecule has 0 rings (SSSR count). The van der Waals surface area contributed by atoms with E-state index in [-0.39, 0.29) is 30.0 Å². The Morgan fingerprint density at radius 2 is 2.21 bits per heavy atom. The summed E-state index contributed by atoms with van der Waals surface area (Å²) in [7, 11) is 0. The average Bonchev–Trinajstić information content (AvgIpc) is 2.15. The molecular formula is C10H16O3S. The predicted molar refractivity (Wildman–Crippen MR) is 58.1 cm³/mol. The molecule has 4 heteroatoms. The highest BCUT2D eigenvalue weighted by Crippen LogP contribution is 2.14. The van der Waals surface area contributed by atoms with Crippen LogP contribution in [-0.4, -0.2) is 23.4 Å². The third kappa shape index (κ3) is 5.80. The Labute approximate surface area is 88.9 Å². The van der Waals surface area contributed by atoms with Gasteiger partial charge in [-0.05, 0) is 5.75 Å². The quantitative estimate of drug-likeness (QED) is 0.503. The second-order valence-electron chi connectivity index (χ2n) is 2.83. The van der Waals surface area contributed by atoms with Gasteiger partial charge in [0.05, 0.1) is 6.42 Å². The first-order chi connectivity index (χ1) is 6.61. The molecule has 3 nitrogen and oxygen atoms in total. The van der Waals surface area contributed by atoms with E-state index in [1.165, 1.54) is 17.8 Å². The summed E-state index contributed by atoms with van der Waals surface area (Å²) in [5.41, 5.74) is 0. The van der Waals surface area contributed by atoms with Gasteiger partial charge in [0, 0.05) is 5.92 Å². The van der Waals surface area contributed by atoms with Crippen LogP contribution in [0.15, 0.2) is 12.7 Å². The number of ether oxygens (including phenoxy) is 1. The van der Waals surface area contributed by atoms with Crippen LogP contribution in [-0.2, 0) is 14.3 Å². The van der Waals surface area contributed by atoms with Crippen molar-refractivity contribution in [3.8, 4) is 0 Å². The topological polar surface area (TPSA) is 43.4 Å². The Balaban J connectivity index is 3.80. The number of hydrogen-bond donors (Lipinski definition) is 0. The molecule has 14 heavy (non-hydrogen) atoms. The molecule has 0 unspecified atom stereocenters. The first-order valence-electron chi connectivity index (χ1n) is 4.55. The number of thioether (sulfide) groups is 1. The molecule has 0 radical (unpaired) electrons. The molecule has 0 saturated carbocycles. The van der Waals surface area contributed by atoms with Crippen molar-refractivity contribution >= 4 is 22.8 Å². The Kier molecular flexibility index (Phi) is 7.20. The van der Waals surface area contributed by atoms with E-state index in [1.54, 1.807) is 6.92 Å². The molecule has 80 valence electrons. The Morgan fingerprint density at radius 1 is 1.57 bits per heavy atom. The van der Waals surface area contributed by atoms with Gasteiger partial charge in [0.15, 0.2) is 5.12 Å². The summed E-state index contributed by atoms with van der Waals surface area (Å²) >= 11 is 1.24. The van der Waals surface area contributed by atoms with Crippen molar-refractivity contribution in [2.45, 2.75) is 20.3 Å². The molecule has 0 spiro atoms. The lowest BCUT2D eigenvalue weighted by Crippen LogP contribution is -2.15. The minimum atomic E-state index is -0.345. The number of rotatable bonds is 6. The van der Waals surface area contributed by atoms with E-state index in [0.29, 0.717) is 0 Å². The molecule has 0 aliphatic carbocycles. The normalized spacial score (nSPS) is 11.9. The van der Waals surface area contributed by atoms with Gasteiger partial charge < -0.3 is 4.74 Å². The highest BCUT2D eigenvalue weighted by Gasteiger charge is 2.17. The summed E-state index contributed by atoms with van der Waals surface area (Å²) in [6.07, 6.45) is 1.66. The molecule has 0 aliphatic heterocycles. The first-order valence-corrected chi connectivity index (χ1v) is 5.53. The minimum absolute atomic E-state index is 0.0445. The Morgan fingerprint density at radius 3 is 2.71 bits per heavy atom. The second kappa shape index (κ2) is 7.62. The number of carbonyl (C=O) groups is 2. The minimum Gasteiger partial charge on any atom is -0.461 e. The van der Waals surface area contributed by atoms with Gasteiger partial charge in [0.25, 0.3) is 0 Å². The van der Waals surface area contributed by atoms with Crippen LogP contribution in [0.5, 0.6) is 0 Å². The number of carbonyl (C=O) groups excluding carboxylic acids is 2. The lowest BCUT2D eigenvalue weighted by Gasteiger charge is -2.07. The van der Waals surface area contributed by atoms with Gasteiger partial charge >= 0.3 is 5.97 Å². The van der Waals surface area contributed by atoms with Crippen LogP contribution < -0.4 is 0 Å². The van der Waals surface area contributed by atoms with E-state index in [0.717, 1.165) is 5.75 Å². The van der Waals surface area contributed by atoms with E-state index < -0.39 is 0 Å². The highest BCUT2D eigenvalue weighted by molar-refractivity contribution is 8.13. The second-order valence-corrected chi connectivity index (χ2v) is 4.10. The maximum atomic E-state index is 11.3. The van der Waals surface area contributed by atoms with Gasteiger partial charge in [-0.15, -0.1) is 0 Å². The van der Waals surface area contributed by atoms with Crippen molar-refractivity contribution in [3.05, 3.63) is 12.7 Å². The maximum absolute atomic E-state index is 11.3. The zero-order valence-corrected chi connectivity index (χ0v) is 9.43. The fourth-order valence-corrected chi connectivity index (χ4v) is 1.48. The summed E-state index contributed by atoms with van der Waals surface area (Å²) in [5.74, 6) is 0.130. The van der Waals surface area contributed by atoms with Crippen LogP contribution >= 0.6 is 11.8 Å². The van der Waals surface area contributed by atoms with Crippen molar-refractivity contribution in [3.63, 3.8) is 0 Å². The SMILES string of the molecule is C=CCOC(=O)C[C@H](C)C(=O)SCC. The first kappa shape index (κ1) is 13.2. The molecule has 0 aliphatic rings. The zero-order chi connectivity index (χ0) is 11.0. The smallest absolute Gasteiger partial charge is 0.306 e. The fourth-order valence-electron chi connectivity index (χ4n) is 0.829. The van der Waals surface area contributed by atoms with Gasteiger partial charge in [-0.2, -0.15) is 0 Å². The van der Waals surface area contributed by atoms with Crippen molar-refractivity contribution in [2.24, 2.45) is 5.92 Å². The van der Waals surface area contributed by atoms with Crippen LogP contribution in [0.4, 0.5) is 0 Å². The Bertz CT molecular complexity index is 213. The van der Waals surface area contributed by atoms with Gasteiger partial charge in [-0.1, -0.05) is 38.3 Å². The van der Waals surface area contributed by atoms with E-state index in [1.807, 2.05) is 6.92 Å². The molecule has 0 amide bonds. The average molecular weight is 216 g/mol. The standard InChI is InChI=1S/C10H16O3S/c1-4-6-13-9(11)7-8(3)10(12)14-5-2/h4,8H,1,5-7H2,2-3H3/t8-/m0/s1. The molecule has 0 fully saturated rings. The molecule has 0 bridgehead atoms. The van der Waals surface area contributed by atoms with Crippen LogP contribution in [0, 0.1) is 5.92 Å². The van der Waals surface area contributed by atoms with Crippen LogP contribution in [0.3, 0.4) is 0 Å². The van der Waals surface area contributed by atoms with E-state index in [4.69, 9.17) is 4.74 Å². The lowest BCUT2D eigenvalue weighted by atomic mass is 10.1. The van der Waals surface area contributed by atoms with E-state index >= 15 is 0 Å². The third-order valence-electron chi connectivity index (χ3n) is 1.52. The molecule has 0 N–H and O–H groups in total. The molecule has 0 aromatic carbocycles. The molecule has 0 heterocycles. The largest absolute Gasteiger partial charge is 0.461 e. The molecular weight excluding hydrogens is 200 g/mol. The van der Waals surface area contributed by atoms with Crippen molar-refractivity contribution in [1.29, 1.82) is 0 Å². The van der Waals surface area contributed by atoms with Crippen molar-refractivity contribution in [1.82, 2.24) is 0 Å². The van der Waals surface area contributed by atoms with Crippen LogP contribution in [0.2, 0.25) is 0 Å². The summed E-state index contributed by atoms with van der Waals surface area (Å²) in [4.78, 5) is 22.4. The van der Waals surface area contributed by atoms with Gasteiger partial charge in [-0.3, -0.25) is 9.59 Å². The molecule has 0 aromatic rings. The highest BCUT2D eigenvalue weighted by atomic mass is 32.2. The van der Waals surface area contributed by atoms with Crippen molar-refractivity contribution in [2.75, 3.05) is 12.4 Å². The van der Waals surface area contributed by atoms with Gasteiger partial charge in [0.1, 0.15) is 6.61 Å². The summed E-state index contributed by atoms with van der Waals surface area (Å²) in [6.45, 7) is 7.28. The molecule has 1 atom stereocenters. The predicted octanol–water partition coefficient (Wildman–Crippen LogP) is 2.02. The van der Waals surface area contributed by atoms with Crippen LogP contribution in [0.1, 0.15) is 20.3 Å². The number of hydrogen-bond acceptors (Lipinski definition) is 4. The molecule has 0 aromatic heterocycles. The molecule has 0 saturated heterocycles. The van der Waals surface area contributed by atoms with Gasteiger partial charge in [-0.25, -0.2) is 0 Å². The van der Waals surface area contributed by atoms with E-state index in [9.17, 15) is 9.59 Å².